The Kier molecular flexibility index (Phi) is 50.1. The number of halogens is 6. The molecule has 5 N–H and O–H groups in total. The van der Waals surface area contributed by atoms with E-state index in [9.17, 15) is 14.4 Å². The van der Waals surface area contributed by atoms with Gasteiger partial charge in [-0.15, -0.1) is 0 Å². The number of rotatable bonds is 14. The van der Waals surface area contributed by atoms with Gasteiger partial charge in [0.2, 0.25) is 0 Å². The summed E-state index contributed by atoms with van der Waals surface area (Å²) < 4.78 is 18.7. The predicted octanol–water partition coefficient (Wildman–Crippen LogP) is 25.8. The Hall–Kier alpha value is -2.05. The van der Waals surface area contributed by atoms with E-state index in [-0.39, 0.29) is 19.8 Å². The van der Waals surface area contributed by atoms with Crippen molar-refractivity contribution in [2.75, 3.05) is 11.5 Å². The number of anilines is 2. The van der Waals surface area contributed by atoms with Crippen molar-refractivity contribution in [3.05, 3.63) is 162 Å². The quantitative estimate of drug-likeness (QED) is 0.0214. The van der Waals surface area contributed by atoms with Crippen LogP contribution in [0.5, 0.6) is 0 Å². The molecule has 519 valence electrons. The summed E-state index contributed by atoms with van der Waals surface area (Å²) in [7, 11) is 4.34. The number of ether oxygens (including phenoxy) is 2. The minimum absolute atomic E-state index is 0. The second kappa shape index (κ2) is 47.9. The molecule has 0 atom stereocenters. The van der Waals surface area contributed by atoms with Gasteiger partial charge in [-0.2, -0.15) is 0 Å². The summed E-state index contributed by atoms with van der Waals surface area (Å²) in [5.41, 5.74) is 28.0. The molecule has 0 bridgehead atoms. The summed E-state index contributed by atoms with van der Waals surface area (Å²) in [5.74, 6) is 3.18. The average molecular weight is 1790 g/mol. The molecule has 0 heterocycles. The minimum atomic E-state index is -0.767. The number of carboxylic acid groups (broad SMARTS) is 1. The molecule has 0 saturated carbocycles. The zero-order valence-corrected chi connectivity index (χ0v) is 74.3. The second-order valence-corrected chi connectivity index (χ2v) is 32.4. The summed E-state index contributed by atoms with van der Waals surface area (Å²) in [6.07, 6.45) is 0.444. The fraction of sp³-hybridized carbons (Fsp3) is 0.547. The number of thiol groups is 1. The maximum atomic E-state index is 12.2. The van der Waals surface area contributed by atoms with Crippen LogP contribution in [0.2, 0.25) is 0 Å². The van der Waals surface area contributed by atoms with Crippen LogP contribution in [0.4, 0.5) is 11.4 Å². The van der Waals surface area contributed by atoms with E-state index >= 15 is 0 Å². The molecule has 5 aromatic carbocycles. The van der Waals surface area contributed by atoms with Gasteiger partial charge in [-0.25, -0.2) is 0 Å². The number of benzene rings is 5. The van der Waals surface area contributed by atoms with Gasteiger partial charge in [-0.3, -0.25) is 21.3 Å². The third-order valence-corrected chi connectivity index (χ3v) is 16.8. The van der Waals surface area contributed by atoms with Gasteiger partial charge in [0.15, 0.2) is 5.97 Å². The van der Waals surface area contributed by atoms with E-state index in [2.05, 4.69) is 329 Å². The van der Waals surface area contributed by atoms with E-state index in [0.29, 0.717) is 65.6 Å². The van der Waals surface area contributed by atoms with Crippen molar-refractivity contribution in [3.63, 3.8) is 0 Å². The standard InChI is InChI=1S/C18H27BrO2.C14H19BrO2.C12H16BrI.C12H18BrN.C12H19N.C6H11O2.CH4.BHNS.BrH.Zn/c1-11(2)14-8-13(19)9-15(12(3)4)16(14)10-17(20)21-18(5,6)7;1-8(2)11-5-10(15)6-12(9(3)4)13(11)7-14(16)17;2*1-7(2)10-5-9(13)6-11(8(3)4)12(10)14;1-8(2)10-6-5-7-11(9(3)4)12(10)13;1-5(7)8-6(2,3)4;;1-2-3;;/h8-9,11-12H,10H2,1-7H3;5-6,8-9H,7H2,1-4H3,(H,16,17);5-8H,1-4H3;5-8H,14H2,1-4H3;5-9H,13H2,1-4H3;1H2,2-4H3;1H4;3H;1H;/q;;;;;-1;;;;+2/p-1. The van der Waals surface area contributed by atoms with E-state index in [1.54, 1.807) is 20.8 Å². The van der Waals surface area contributed by atoms with Gasteiger partial charge in [0.1, 0.15) is 11.2 Å². The molecule has 0 aromatic heterocycles. The van der Waals surface area contributed by atoms with Crippen molar-refractivity contribution < 1.29 is 45.3 Å². The van der Waals surface area contributed by atoms with Gasteiger partial charge in [0.25, 0.3) is 0 Å². The molecule has 0 fully saturated rings. The van der Waals surface area contributed by atoms with E-state index in [1.807, 2.05) is 32.9 Å². The molecular formula is C75H115BBr5IN3O6SZn. The Balaban J connectivity index is -0.000000511. The number of carbonyl (C=O) groups excluding carboxylic acids is 2. The Labute approximate surface area is 636 Å². The average Bonchev–Trinajstić information content (AvgIpc) is 0.845. The Bertz CT molecular complexity index is 2860. The van der Waals surface area contributed by atoms with Crippen LogP contribution in [-0.2, 0) is 53.0 Å². The monoisotopic (exact) mass is 1780 g/mol. The van der Waals surface area contributed by atoms with Crippen LogP contribution in [0.25, 0.3) is 0 Å². The number of hydrogen-bond donors (Lipinski definition) is 4. The van der Waals surface area contributed by atoms with Crippen LogP contribution in [0.1, 0.15) is 313 Å². The van der Waals surface area contributed by atoms with Crippen molar-refractivity contribution in [1.82, 2.24) is 0 Å². The summed E-state index contributed by atoms with van der Waals surface area (Å²) >= 11 is 24.1. The molecule has 0 aliphatic heterocycles. The fourth-order valence-electron chi connectivity index (χ4n) is 9.54. The number of carboxylic acids is 1. The summed E-state index contributed by atoms with van der Waals surface area (Å²) in [6.45, 7) is 57.5. The normalized spacial score (nSPS) is 10.9. The Morgan fingerprint density at radius 1 is 0.495 bits per heavy atom. The molecule has 0 aliphatic rings. The molecule has 93 heavy (non-hydrogen) atoms. The fourth-order valence-corrected chi connectivity index (χ4v) is 13.1. The number of para-hydroxylation sites is 1. The first-order chi connectivity index (χ1) is 42.1. The number of aliphatic carboxylic acids is 1. The van der Waals surface area contributed by atoms with Gasteiger partial charge in [-0.1, -0.05) is 228 Å². The van der Waals surface area contributed by atoms with Crippen molar-refractivity contribution in [2.45, 2.75) is 271 Å². The number of esters is 2. The molecule has 0 aliphatic carbocycles. The number of carbonyl (C=O) groups is 3. The number of nitrogen functional groups attached to an aromatic ring is 2. The summed E-state index contributed by atoms with van der Waals surface area (Å²) in [4.78, 5) is 33.3. The molecule has 0 unspecified atom stereocenters. The Morgan fingerprint density at radius 3 is 0.914 bits per heavy atom. The van der Waals surface area contributed by atoms with Crippen molar-refractivity contribution in [2.24, 2.45) is 4.30 Å². The van der Waals surface area contributed by atoms with Gasteiger partial charge in [-0.05, 0) is 239 Å². The second-order valence-electron chi connectivity index (χ2n) is 27.5. The number of nitrogens with two attached hydrogens (primary N) is 2. The van der Waals surface area contributed by atoms with Gasteiger partial charge in [0.05, 0.1) is 12.8 Å². The third kappa shape index (κ3) is 38.8. The van der Waals surface area contributed by atoms with E-state index in [0.717, 1.165) is 47.0 Å². The van der Waals surface area contributed by atoms with Crippen LogP contribution < -0.4 is 11.5 Å². The molecule has 0 saturated heterocycles. The zero-order chi connectivity index (χ0) is 72.8. The van der Waals surface area contributed by atoms with Gasteiger partial charge < -0.3 is 26.0 Å². The first-order valence-electron chi connectivity index (χ1n) is 31.5. The van der Waals surface area contributed by atoms with Crippen LogP contribution in [0.15, 0.2) is 88.9 Å². The zero-order valence-electron chi connectivity index (χ0n) is 60.3. The van der Waals surface area contributed by atoms with E-state index in [4.69, 9.17) is 21.3 Å². The van der Waals surface area contributed by atoms with Crippen LogP contribution in [0, 0.1) is 10.5 Å². The first-order valence-corrected chi connectivity index (χ1v) is 43.1. The SMILES string of the molecule is C.CC(C)c1cc(Br)cc(C(C)C)c1CC(=O)O.CC(C)c1cc(Br)cc(C(C)C)c1CC(=O)OC(C)(C)C.CC(C)c1cc(Br)cc(C(C)C)c1I.CC(C)c1cc(Br)cc(C(C)C)c1N.CC(C)c1cccc(C(C)C)c1N.[B]=NS.[CH2-]C(=O)OC(C)(C)C.[Zn+][Br]. The molecule has 9 nitrogen and oxygen atoms in total. The maximum absolute atomic E-state index is 12.2. The van der Waals surface area contributed by atoms with Crippen molar-refractivity contribution in [3.8, 4) is 0 Å². The molecule has 5 rings (SSSR count). The van der Waals surface area contributed by atoms with E-state index in [1.165, 1.54) is 68.9 Å². The number of nitrogens with zero attached hydrogens (tertiary/aromatic N) is 1. The molecule has 18 heteroatoms. The summed E-state index contributed by atoms with van der Waals surface area (Å²) in [6, 6.07) is 23.4. The molecular weight excluding hydrogens is 1670 g/mol. The topological polar surface area (TPSA) is 154 Å². The first kappa shape index (κ1) is 97.3. The van der Waals surface area contributed by atoms with Gasteiger partial charge in [0, 0.05) is 32.8 Å². The third-order valence-electron chi connectivity index (χ3n) is 13.8. The summed E-state index contributed by atoms with van der Waals surface area (Å²) in [5, 5.41) is 9.04. The van der Waals surface area contributed by atoms with Crippen LogP contribution in [0.3, 0.4) is 0 Å². The molecule has 5 aromatic rings. The molecule has 0 amide bonds. The van der Waals surface area contributed by atoms with Crippen LogP contribution in [-0.4, -0.2) is 41.9 Å². The molecule has 0 spiro atoms. The number of hydrogen-bond acceptors (Lipinski definition) is 9. The van der Waals surface area contributed by atoms with E-state index < -0.39 is 23.1 Å². The van der Waals surface area contributed by atoms with Crippen LogP contribution >= 0.6 is 113 Å². The molecule has 1 radical (unpaired) electrons. The van der Waals surface area contributed by atoms with Crippen molar-refractivity contribution >= 4 is 150 Å². The van der Waals surface area contributed by atoms with Gasteiger partial charge >= 0.3 is 66.7 Å². The van der Waals surface area contributed by atoms with Crippen molar-refractivity contribution in [1.29, 1.82) is 0 Å². The predicted molar refractivity (Wildman–Crippen MR) is 430 cm³/mol. The Morgan fingerprint density at radius 2 is 0.710 bits per heavy atom.